The first-order valence-electron chi connectivity index (χ1n) is 12.8. The molecule has 210 valence electrons. The summed E-state index contributed by atoms with van der Waals surface area (Å²) in [7, 11) is 7.17. The molecule has 2 aromatic carbocycles. The molecule has 39 heavy (non-hydrogen) atoms. The fraction of sp³-hybridized carbons (Fsp3) is 0.448. The van der Waals surface area contributed by atoms with Crippen molar-refractivity contribution in [1.82, 2.24) is 4.90 Å². The number of fused-ring (bicyclic) bond motifs is 1. The molecule has 0 saturated carbocycles. The molecule has 1 fully saturated rings. The van der Waals surface area contributed by atoms with Gasteiger partial charge in [0, 0.05) is 20.2 Å². The van der Waals surface area contributed by atoms with E-state index in [9.17, 15) is 4.79 Å². The molecule has 4 rings (SSSR count). The lowest BCUT2D eigenvalue weighted by molar-refractivity contribution is -0.184. The third kappa shape index (κ3) is 7.54. The number of thioether (sulfide) groups is 1. The van der Waals surface area contributed by atoms with Crippen LogP contribution in [-0.4, -0.2) is 80.7 Å². The van der Waals surface area contributed by atoms with E-state index in [1.807, 2.05) is 67.5 Å². The normalized spacial score (nSPS) is 24.2. The molecule has 1 saturated heterocycles. The Kier molecular flexibility index (Phi) is 10.3. The molecule has 10 heteroatoms. The van der Waals surface area contributed by atoms with Crippen molar-refractivity contribution in [3.8, 4) is 11.5 Å². The molecule has 2 aromatic rings. The van der Waals surface area contributed by atoms with Gasteiger partial charge in [-0.3, -0.25) is 4.99 Å². The van der Waals surface area contributed by atoms with E-state index in [4.69, 9.17) is 33.4 Å². The smallest absolute Gasteiger partial charge is 0.330 e. The van der Waals surface area contributed by atoms with Gasteiger partial charge in [0.15, 0.2) is 5.17 Å². The van der Waals surface area contributed by atoms with Crippen molar-refractivity contribution >= 4 is 22.9 Å². The van der Waals surface area contributed by atoms with Crippen molar-refractivity contribution in [3.63, 3.8) is 0 Å². The van der Waals surface area contributed by atoms with Crippen LogP contribution in [0, 0.1) is 0 Å². The Labute approximate surface area is 234 Å². The monoisotopic (exact) mass is 556 g/mol. The van der Waals surface area contributed by atoms with E-state index >= 15 is 0 Å². The van der Waals surface area contributed by atoms with Gasteiger partial charge in [0.2, 0.25) is 0 Å². The number of carbonyl (C=O) groups is 1. The number of nitrogens with zero attached hydrogens (tertiary/aromatic N) is 2. The van der Waals surface area contributed by atoms with Gasteiger partial charge in [-0.25, -0.2) is 4.79 Å². The molecule has 2 aliphatic heterocycles. The van der Waals surface area contributed by atoms with Gasteiger partial charge < -0.3 is 33.3 Å². The van der Waals surface area contributed by atoms with E-state index in [0.717, 1.165) is 27.8 Å². The minimum atomic E-state index is -0.556. The number of ether oxygens (including phenoxy) is 6. The topological polar surface area (TPSA) is 88.1 Å². The van der Waals surface area contributed by atoms with Crippen molar-refractivity contribution in [3.05, 3.63) is 71.8 Å². The first-order chi connectivity index (χ1) is 18.9. The molecule has 0 N–H and O–H groups in total. The second-order valence-electron chi connectivity index (χ2n) is 9.24. The molecule has 2 heterocycles. The van der Waals surface area contributed by atoms with E-state index in [0.29, 0.717) is 19.8 Å². The number of rotatable bonds is 11. The third-order valence-corrected chi connectivity index (χ3v) is 7.63. The van der Waals surface area contributed by atoms with Crippen molar-refractivity contribution in [2.45, 2.75) is 49.9 Å². The summed E-state index contributed by atoms with van der Waals surface area (Å²) < 4.78 is 35.1. The summed E-state index contributed by atoms with van der Waals surface area (Å²) in [6, 6.07) is 15.2. The van der Waals surface area contributed by atoms with Gasteiger partial charge in [-0.15, -0.1) is 0 Å². The average Bonchev–Trinajstić information content (AvgIpc) is 3.39. The minimum Gasteiger partial charge on any atom is -0.497 e. The number of methoxy groups -OCH3 is 2. The van der Waals surface area contributed by atoms with Crippen LogP contribution in [0.4, 0.5) is 0 Å². The van der Waals surface area contributed by atoms with Gasteiger partial charge in [-0.1, -0.05) is 36.0 Å². The highest BCUT2D eigenvalue weighted by Crippen LogP contribution is 2.40. The maximum atomic E-state index is 12.2. The number of hydrogen-bond acceptors (Lipinski definition) is 10. The lowest BCUT2D eigenvalue weighted by Crippen LogP contribution is -2.56. The van der Waals surface area contributed by atoms with E-state index < -0.39 is 24.3 Å². The van der Waals surface area contributed by atoms with Crippen LogP contribution in [0.5, 0.6) is 11.5 Å². The van der Waals surface area contributed by atoms with Crippen LogP contribution in [0.15, 0.2) is 65.7 Å². The van der Waals surface area contributed by atoms with Crippen LogP contribution in [0.2, 0.25) is 0 Å². The van der Waals surface area contributed by atoms with Gasteiger partial charge in [-0.05, 0) is 48.4 Å². The van der Waals surface area contributed by atoms with Gasteiger partial charge in [0.1, 0.15) is 41.3 Å². The lowest BCUT2D eigenvalue weighted by Gasteiger charge is -2.41. The molecule has 5 atom stereocenters. The van der Waals surface area contributed by atoms with Crippen molar-refractivity contribution < 1.29 is 33.2 Å². The van der Waals surface area contributed by atoms with Gasteiger partial charge in [0.25, 0.3) is 0 Å². The Balaban J connectivity index is 1.61. The van der Waals surface area contributed by atoms with Gasteiger partial charge in [-0.2, -0.15) is 0 Å². The zero-order valence-corrected chi connectivity index (χ0v) is 23.8. The number of esters is 1. The van der Waals surface area contributed by atoms with Gasteiger partial charge in [0.05, 0.1) is 34.0 Å². The van der Waals surface area contributed by atoms with E-state index in [1.54, 1.807) is 27.2 Å². The largest absolute Gasteiger partial charge is 0.497 e. The summed E-state index contributed by atoms with van der Waals surface area (Å²) in [5.74, 6) is 1.12. The maximum absolute atomic E-state index is 12.2. The summed E-state index contributed by atoms with van der Waals surface area (Å²) in [4.78, 5) is 19.1. The van der Waals surface area contributed by atoms with E-state index in [-0.39, 0.29) is 11.5 Å². The van der Waals surface area contributed by atoms with E-state index in [1.165, 1.54) is 17.8 Å². The molecule has 0 spiro atoms. The Bertz CT molecular complexity index is 1140. The number of carbonyl (C=O) groups excluding carboxylic acids is 1. The first-order valence-corrected chi connectivity index (χ1v) is 13.7. The molecule has 9 nitrogen and oxygen atoms in total. The van der Waals surface area contributed by atoms with E-state index in [2.05, 4.69) is 0 Å². The van der Waals surface area contributed by atoms with Crippen LogP contribution < -0.4 is 9.47 Å². The SMILES string of the molecule is CCOC(=O)/C=C/[C@H]1O[C@@H]2SC(N(C)C)=N[C@@H]2[C@@H](OCc2ccc(OC)cc2)[C@@H]1OCc1ccc(OC)cc1. The summed E-state index contributed by atoms with van der Waals surface area (Å²) in [5, 5.41) is 0.854. The number of hydrogen-bond donors (Lipinski definition) is 0. The second-order valence-corrected chi connectivity index (χ2v) is 10.3. The number of amidine groups is 1. The zero-order chi connectivity index (χ0) is 27.8. The third-order valence-electron chi connectivity index (χ3n) is 6.33. The Morgan fingerprint density at radius 2 is 1.51 bits per heavy atom. The molecular weight excluding hydrogens is 520 g/mol. The molecular formula is C29H36N2O7S. The minimum absolute atomic E-state index is 0.291. The fourth-order valence-electron chi connectivity index (χ4n) is 4.29. The average molecular weight is 557 g/mol. The van der Waals surface area contributed by atoms with Crippen molar-refractivity contribution in [1.29, 1.82) is 0 Å². The predicted molar refractivity (Wildman–Crippen MR) is 150 cm³/mol. The predicted octanol–water partition coefficient (Wildman–Crippen LogP) is 4.05. The van der Waals surface area contributed by atoms with Crippen LogP contribution in [-0.2, 0) is 37.0 Å². The highest BCUT2D eigenvalue weighted by molar-refractivity contribution is 8.14. The standard InChI is InChI=1S/C29H36N2O7S/c1-6-35-24(32)16-15-23-26(36-17-19-7-11-21(33-4)12-8-19)27(25-28(38-23)39-29(30-25)31(2)3)37-18-20-9-13-22(34-5)14-10-20/h7-16,23,25-28H,6,17-18H2,1-5H3/b16-15+/t23-,25-,26-,27-,28-/m1/s1. The Morgan fingerprint density at radius 3 is 2.03 bits per heavy atom. The summed E-state index contributed by atoms with van der Waals surface area (Å²) >= 11 is 1.54. The van der Waals surface area contributed by atoms with Crippen molar-refractivity contribution in [2.75, 3.05) is 34.9 Å². The highest BCUT2D eigenvalue weighted by atomic mass is 32.2. The molecule has 0 unspecified atom stereocenters. The van der Waals surface area contributed by atoms with Crippen molar-refractivity contribution in [2.24, 2.45) is 4.99 Å². The number of benzene rings is 2. The highest BCUT2D eigenvalue weighted by Gasteiger charge is 2.50. The quantitative estimate of drug-likeness (QED) is 0.300. The molecule has 0 amide bonds. The van der Waals surface area contributed by atoms with Crippen LogP contribution >= 0.6 is 11.8 Å². The summed E-state index contributed by atoms with van der Waals surface area (Å²) in [6.45, 7) is 2.73. The fourth-order valence-corrected chi connectivity index (χ4v) is 5.43. The van der Waals surface area contributed by atoms with Crippen LogP contribution in [0.3, 0.4) is 0 Å². The second kappa shape index (κ2) is 13.8. The molecule has 0 aromatic heterocycles. The molecule has 0 bridgehead atoms. The summed E-state index contributed by atoms with van der Waals surface area (Å²) in [5.41, 5.74) is 1.67. The van der Waals surface area contributed by atoms with Crippen LogP contribution in [0.25, 0.3) is 0 Å². The maximum Gasteiger partial charge on any atom is 0.330 e. The van der Waals surface area contributed by atoms with Crippen LogP contribution in [0.1, 0.15) is 18.1 Å². The molecule has 2 aliphatic rings. The zero-order valence-electron chi connectivity index (χ0n) is 22.9. The summed E-state index contributed by atoms with van der Waals surface area (Å²) in [6.07, 6.45) is 1.56. The van der Waals surface area contributed by atoms with Gasteiger partial charge >= 0.3 is 5.97 Å². The number of aliphatic imine (C=N–C) groups is 1. The first kappa shape index (κ1) is 28.9. The molecule has 0 radical (unpaired) electrons. The Morgan fingerprint density at radius 1 is 0.949 bits per heavy atom. The Hall–Kier alpha value is -3.05. The lowest BCUT2D eigenvalue weighted by atomic mass is 9.97. The molecule has 0 aliphatic carbocycles.